The van der Waals surface area contributed by atoms with Gasteiger partial charge in [0, 0.05) is 5.56 Å². The standard InChI is InChI=1S/C12H16FN/c1-4-11(14-5-2)10-8-6-7-9(3)12(10)13/h4,6-8,11,14H,1,5H2,2-3H3. The van der Waals surface area contributed by atoms with E-state index in [0.29, 0.717) is 11.1 Å². The van der Waals surface area contributed by atoms with Crippen LogP contribution < -0.4 is 5.32 Å². The van der Waals surface area contributed by atoms with Crippen LogP contribution in [0.4, 0.5) is 4.39 Å². The van der Waals surface area contributed by atoms with Crippen LogP contribution in [0.1, 0.15) is 24.1 Å². The highest BCUT2D eigenvalue weighted by molar-refractivity contribution is 5.29. The molecule has 0 spiro atoms. The molecule has 14 heavy (non-hydrogen) atoms. The molecule has 1 unspecified atom stereocenters. The molecule has 0 fully saturated rings. The second-order valence-corrected chi connectivity index (χ2v) is 3.25. The van der Waals surface area contributed by atoms with E-state index in [1.165, 1.54) is 0 Å². The Labute approximate surface area is 84.6 Å². The van der Waals surface area contributed by atoms with Crippen LogP contribution in [0, 0.1) is 12.7 Å². The largest absolute Gasteiger partial charge is 0.307 e. The van der Waals surface area contributed by atoms with Crippen LogP contribution in [0.15, 0.2) is 30.9 Å². The zero-order chi connectivity index (χ0) is 10.6. The van der Waals surface area contributed by atoms with Crippen molar-refractivity contribution in [1.29, 1.82) is 0 Å². The Morgan fingerprint density at radius 2 is 2.29 bits per heavy atom. The lowest BCUT2D eigenvalue weighted by atomic mass is 10.0. The summed E-state index contributed by atoms with van der Waals surface area (Å²) >= 11 is 0. The minimum Gasteiger partial charge on any atom is -0.307 e. The van der Waals surface area contributed by atoms with Gasteiger partial charge in [0.15, 0.2) is 0 Å². The van der Waals surface area contributed by atoms with Gasteiger partial charge in [-0.1, -0.05) is 31.2 Å². The number of hydrogen-bond donors (Lipinski definition) is 1. The summed E-state index contributed by atoms with van der Waals surface area (Å²) < 4.78 is 13.7. The highest BCUT2D eigenvalue weighted by atomic mass is 19.1. The van der Waals surface area contributed by atoms with Crippen molar-refractivity contribution < 1.29 is 4.39 Å². The van der Waals surface area contributed by atoms with Gasteiger partial charge >= 0.3 is 0 Å². The van der Waals surface area contributed by atoms with Gasteiger partial charge in [0.2, 0.25) is 0 Å². The van der Waals surface area contributed by atoms with Crippen molar-refractivity contribution in [1.82, 2.24) is 5.32 Å². The van der Waals surface area contributed by atoms with Gasteiger partial charge in [0.25, 0.3) is 0 Å². The zero-order valence-corrected chi connectivity index (χ0v) is 8.68. The Kier molecular flexibility index (Phi) is 3.84. The van der Waals surface area contributed by atoms with Gasteiger partial charge in [-0.15, -0.1) is 6.58 Å². The monoisotopic (exact) mass is 193 g/mol. The fourth-order valence-electron chi connectivity index (χ4n) is 1.45. The first kappa shape index (κ1) is 10.9. The second-order valence-electron chi connectivity index (χ2n) is 3.25. The van der Waals surface area contributed by atoms with Crippen LogP contribution in [0.2, 0.25) is 0 Å². The molecule has 2 heteroatoms. The molecule has 0 aliphatic heterocycles. The second kappa shape index (κ2) is 4.91. The van der Waals surface area contributed by atoms with E-state index in [4.69, 9.17) is 0 Å². The molecule has 0 aliphatic rings. The van der Waals surface area contributed by atoms with E-state index in [1.54, 1.807) is 25.1 Å². The van der Waals surface area contributed by atoms with E-state index < -0.39 is 0 Å². The smallest absolute Gasteiger partial charge is 0.131 e. The maximum Gasteiger partial charge on any atom is 0.131 e. The lowest BCUT2D eigenvalue weighted by Crippen LogP contribution is -2.20. The Bertz CT molecular complexity index is 320. The summed E-state index contributed by atoms with van der Waals surface area (Å²) in [6.45, 7) is 8.25. The van der Waals surface area contributed by atoms with Crippen molar-refractivity contribution in [2.75, 3.05) is 6.54 Å². The maximum atomic E-state index is 13.7. The number of halogens is 1. The van der Waals surface area contributed by atoms with Gasteiger partial charge in [0.05, 0.1) is 6.04 Å². The molecule has 0 saturated carbocycles. The summed E-state index contributed by atoms with van der Waals surface area (Å²) in [5.41, 5.74) is 1.34. The van der Waals surface area contributed by atoms with Crippen LogP contribution in [0.3, 0.4) is 0 Å². The van der Waals surface area contributed by atoms with Crippen molar-refractivity contribution in [3.05, 3.63) is 47.8 Å². The van der Waals surface area contributed by atoms with Gasteiger partial charge in [-0.3, -0.25) is 0 Å². The molecule has 0 bridgehead atoms. The lowest BCUT2D eigenvalue weighted by molar-refractivity contribution is 0.561. The molecule has 1 rings (SSSR count). The van der Waals surface area contributed by atoms with Crippen LogP contribution in [-0.4, -0.2) is 6.54 Å². The highest BCUT2D eigenvalue weighted by Gasteiger charge is 2.11. The molecule has 1 nitrogen and oxygen atoms in total. The molecule has 0 heterocycles. The molecule has 1 atom stereocenters. The molecule has 76 valence electrons. The van der Waals surface area contributed by atoms with Crippen LogP contribution in [0.25, 0.3) is 0 Å². The Hall–Kier alpha value is -1.15. The number of rotatable bonds is 4. The third-order valence-electron chi connectivity index (χ3n) is 2.22. The summed E-state index contributed by atoms with van der Waals surface area (Å²) in [6.07, 6.45) is 1.72. The highest BCUT2D eigenvalue weighted by Crippen LogP contribution is 2.20. The Morgan fingerprint density at radius 3 is 2.86 bits per heavy atom. The van der Waals surface area contributed by atoms with Crippen LogP contribution in [-0.2, 0) is 0 Å². The average molecular weight is 193 g/mol. The number of nitrogens with one attached hydrogen (secondary N) is 1. The van der Waals surface area contributed by atoms with Crippen molar-refractivity contribution in [2.24, 2.45) is 0 Å². The number of aryl methyl sites for hydroxylation is 1. The lowest BCUT2D eigenvalue weighted by Gasteiger charge is -2.15. The molecule has 1 aromatic rings. The number of likely N-dealkylation sites (N-methyl/N-ethyl adjacent to an activating group) is 1. The minimum absolute atomic E-state index is 0.0973. The van der Waals surface area contributed by atoms with Crippen molar-refractivity contribution >= 4 is 0 Å². The molecule has 0 aromatic heterocycles. The summed E-state index contributed by atoms with van der Waals surface area (Å²) in [5.74, 6) is -0.140. The van der Waals surface area contributed by atoms with E-state index in [9.17, 15) is 4.39 Å². The fourth-order valence-corrected chi connectivity index (χ4v) is 1.45. The van der Waals surface area contributed by atoms with Gasteiger partial charge in [-0.25, -0.2) is 4.39 Å². The van der Waals surface area contributed by atoms with Crippen LogP contribution in [0.5, 0.6) is 0 Å². The molecule has 0 saturated heterocycles. The molecular weight excluding hydrogens is 177 g/mol. The SMILES string of the molecule is C=CC(NCC)c1cccc(C)c1F. The fraction of sp³-hybridized carbons (Fsp3) is 0.333. The van der Waals surface area contributed by atoms with Gasteiger partial charge < -0.3 is 5.32 Å². The van der Waals surface area contributed by atoms with Gasteiger partial charge in [0.1, 0.15) is 5.82 Å². The Morgan fingerprint density at radius 1 is 1.57 bits per heavy atom. The van der Waals surface area contributed by atoms with E-state index in [-0.39, 0.29) is 11.9 Å². The summed E-state index contributed by atoms with van der Waals surface area (Å²) in [7, 11) is 0. The predicted molar refractivity (Wildman–Crippen MR) is 57.8 cm³/mol. The van der Waals surface area contributed by atoms with E-state index in [1.807, 2.05) is 13.0 Å². The third kappa shape index (κ3) is 2.20. The number of hydrogen-bond acceptors (Lipinski definition) is 1. The van der Waals surface area contributed by atoms with E-state index in [2.05, 4.69) is 11.9 Å². The van der Waals surface area contributed by atoms with Crippen molar-refractivity contribution in [3.8, 4) is 0 Å². The van der Waals surface area contributed by atoms with Gasteiger partial charge in [-0.05, 0) is 19.0 Å². The van der Waals surface area contributed by atoms with Crippen molar-refractivity contribution in [3.63, 3.8) is 0 Å². The first-order valence-electron chi connectivity index (χ1n) is 4.81. The maximum absolute atomic E-state index is 13.7. The average Bonchev–Trinajstić information content (AvgIpc) is 2.19. The summed E-state index contributed by atoms with van der Waals surface area (Å²) in [6, 6.07) is 5.32. The molecule has 0 aliphatic carbocycles. The third-order valence-corrected chi connectivity index (χ3v) is 2.22. The summed E-state index contributed by atoms with van der Waals surface area (Å²) in [5, 5.41) is 3.16. The minimum atomic E-state index is -0.140. The van der Waals surface area contributed by atoms with E-state index >= 15 is 0 Å². The summed E-state index contributed by atoms with van der Waals surface area (Å²) in [4.78, 5) is 0. The molecule has 1 aromatic carbocycles. The quantitative estimate of drug-likeness (QED) is 0.725. The predicted octanol–water partition coefficient (Wildman–Crippen LogP) is 2.97. The normalized spacial score (nSPS) is 12.5. The molecular formula is C12H16FN. The van der Waals surface area contributed by atoms with Gasteiger partial charge in [-0.2, -0.15) is 0 Å². The Balaban J connectivity index is 3.03. The van der Waals surface area contributed by atoms with E-state index in [0.717, 1.165) is 6.54 Å². The van der Waals surface area contributed by atoms with Crippen LogP contribution >= 0.6 is 0 Å². The topological polar surface area (TPSA) is 12.0 Å². The van der Waals surface area contributed by atoms with Crippen molar-refractivity contribution in [2.45, 2.75) is 19.9 Å². The molecule has 0 amide bonds. The molecule has 1 N–H and O–H groups in total. The zero-order valence-electron chi connectivity index (χ0n) is 8.68. The number of benzene rings is 1. The first-order chi connectivity index (χ1) is 6.70. The first-order valence-corrected chi connectivity index (χ1v) is 4.81. The molecule has 0 radical (unpaired) electrons.